The Balaban J connectivity index is 1.12. The third kappa shape index (κ3) is 15.9. The van der Waals surface area contributed by atoms with E-state index in [1.165, 1.54) is 31.3 Å². The van der Waals surface area contributed by atoms with Crippen molar-refractivity contribution in [3.8, 4) is 5.75 Å². The summed E-state index contributed by atoms with van der Waals surface area (Å²) >= 11 is 0. The van der Waals surface area contributed by atoms with Gasteiger partial charge in [0.1, 0.15) is 28.4 Å². The van der Waals surface area contributed by atoms with Crippen LogP contribution in [-0.4, -0.2) is 133 Å². The van der Waals surface area contributed by atoms with E-state index in [0.29, 0.717) is 41.3 Å². The summed E-state index contributed by atoms with van der Waals surface area (Å²) in [4.78, 5) is 111. The molecule has 8 N–H and O–H groups in total. The van der Waals surface area contributed by atoms with Crippen LogP contribution in [0.2, 0.25) is 0 Å². The average molecular weight is 1080 g/mol. The molecule has 0 fully saturated rings. The highest BCUT2D eigenvalue weighted by molar-refractivity contribution is 6.05. The van der Waals surface area contributed by atoms with Crippen molar-refractivity contribution in [2.45, 2.75) is 106 Å². The first-order valence-electron chi connectivity index (χ1n) is 25.1. The number of aromatic nitrogens is 7. The van der Waals surface area contributed by atoms with E-state index in [9.17, 15) is 33.6 Å². The van der Waals surface area contributed by atoms with Crippen molar-refractivity contribution in [3.05, 3.63) is 82.4 Å². The Morgan fingerprint density at radius 3 is 1.91 bits per heavy atom. The van der Waals surface area contributed by atoms with Crippen molar-refractivity contribution in [1.82, 2.24) is 44.7 Å². The minimum Gasteiger partial charge on any atom is -0.491 e. The molecule has 0 unspecified atom stereocenters. The number of allylic oxidation sites excluding steroid dienone is 2. The number of carbonyl (C=O) groups excluding carboxylic acids is 7. The fourth-order valence-electron chi connectivity index (χ4n) is 7.56. The minimum atomic E-state index is -0.974. The molecule has 0 radical (unpaired) electrons. The van der Waals surface area contributed by atoms with Crippen LogP contribution >= 0.6 is 0 Å². The van der Waals surface area contributed by atoms with Gasteiger partial charge in [-0.3, -0.25) is 39.2 Å². The molecule has 27 heteroatoms. The molecule has 0 spiro atoms. The zero-order chi connectivity index (χ0) is 56.7. The highest BCUT2D eigenvalue weighted by Gasteiger charge is 2.26. The summed E-state index contributed by atoms with van der Waals surface area (Å²) in [6.07, 6.45) is 5.22. The van der Waals surface area contributed by atoms with Crippen LogP contribution in [0, 0.1) is 13.8 Å². The molecular weight excluding hydrogens is 1020 g/mol. The average Bonchev–Trinajstić information content (AvgIpc) is 4.30. The molecule has 1 aromatic carbocycles. The number of primary amides is 2. The number of nitrogens with one attached hydrogen (secondary N) is 4. The number of nitrogens with zero attached hydrogens (tertiary/aromatic N) is 7. The molecule has 27 nitrogen and oxygen atoms in total. The Morgan fingerprint density at radius 2 is 1.31 bits per heavy atom. The smallest absolute Gasteiger partial charge is 0.407 e. The molecule has 0 saturated carbocycles. The zero-order valence-corrected chi connectivity index (χ0v) is 44.7. The van der Waals surface area contributed by atoms with Gasteiger partial charge in [0.2, 0.25) is 41.1 Å². The number of benzene rings is 1. The lowest BCUT2D eigenvalue weighted by molar-refractivity contribution is -0.147. The molecule has 6 aromatic rings. The molecular formula is C51H65N13O14. The third-order valence-electron chi connectivity index (χ3n) is 11.1. The van der Waals surface area contributed by atoms with Crippen molar-refractivity contribution in [1.29, 1.82) is 0 Å². The van der Waals surface area contributed by atoms with Gasteiger partial charge in [-0.25, -0.2) is 34.5 Å². The topological polar surface area (TPSA) is 366 Å². The number of anilines is 2. The van der Waals surface area contributed by atoms with E-state index in [2.05, 4.69) is 46.2 Å². The van der Waals surface area contributed by atoms with Gasteiger partial charge in [-0.2, -0.15) is 0 Å². The van der Waals surface area contributed by atoms with Gasteiger partial charge in [0.25, 0.3) is 11.8 Å². The Hall–Kier alpha value is -8.72. The summed E-state index contributed by atoms with van der Waals surface area (Å²) in [5.41, 5.74) is 12.9. The first-order valence-corrected chi connectivity index (χ1v) is 25.1. The standard InChI is InChI=1S/C51H65N13O14/c1-9-33-40(76-29(4)57-33)45(68)61-48-59-35-24-31(42(52)66)26-37(74-18-13-19-75-47(70)28(3)56-38(65)14-20-72-22-23-73-21-15-54-50(71)78-51(6,7)8)39(35)63(48)16-11-12-17-64-44-36(25-32(27-55-44)43(53)67)60-49(64)62-46(69)41-34(10-2)58-30(5)77-41/h11-12,24-28H,9-10,13-23H2,1-8H3,(H2,52,66)(H2,53,67)(H,54,71)(H,56,65)(H,59,61,68)(H,60,62,69)/b12-11+/t28-/m0/s1. The Kier molecular flexibility index (Phi) is 20.2. The number of hydrogen-bond donors (Lipinski definition) is 6. The maximum absolute atomic E-state index is 13.8. The van der Waals surface area contributed by atoms with Crippen LogP contribution in [-0.2, 0) is 54.5 Å². The number of carbonyl (C=O) groups is 7. The fourth-order valence-corrected chi connectivity index (χ4v) is 7.56. The Bertz CT molecular complexity index is 3180. The van der Waals surface area contributed by atoms with Gasteiger partial charge >= 0.3 is 12.1 Å². The van der Waals surface area contributed by atoms with Gasteiger partial charge in [-0.15, -0.1) is 0 Å². The van der Waals surface area contributed by atoms with Crippen LogP contribution in [0.15, 0.2) is 45.4 Å². The van der Waals surface area contributed by atoms with E-state index in [1.54, 1.807) is 55.9 Å². The Morgan fingerprint density at radius 1 is 0.731 bits per heavy atom. The second-order valence-corrected chi connectivity index (χ2v) is 18.4. The number of oxazole rings is 2. The highest BCUT2D eigenvalue weighted by Crippen LogP contribution is 2.32. The summed E-state index contributed by atoms with van der Waals surface area (Å²) in [5.74, 6) is -3.02. The zero-order valence-electron chi connectivity index (χ0n) is 44.7. The van der Waals surface area contributed by atoms with E-state index in [4.69, 9.17) is 44.0 Å². The van der Waals surface area contributed by atoms with Crippen LogP contribution < -0.4 is 37.5 Å². The predicted octanol–water partition coefficient (Wildman–Crippen LogP) is 4.22. The highest BCUT2D eigenvalue weighted by atomic mass is 16.6. The van der Waals surface area contributed by atoms with Gasteiger partial charge < -0.3 is 59.2 Å². The summed E-state index contributed by atoms with van der Waals surface area (Å²) in [5, 5.41) is 10.8. The number of pyridine rings is 1. The SMILES string of the molecule is CCc1nc(C)oc1C(=O)Nc1nc2cc(C(N)=O)cnc2n1C/C=C/Cn1c(NC(=O)c2oc(C)nc2CC)nc2cc(C(N)=O)cc(OCCCOC(=O)[C@H](C)NC(=O)CCOCCOCCNC(=O)OC(C)(C)C)c21. The van der Waals surface area contributed by atoms with Crippen LogP contribution in [0.4, 0.5) is 16.7 Å². The second-order valence-electron chi connectivity index (χ2n) is 18.4. The fraction of sp³-hybridized carbons (Fsp3) is 0.451. The first-order chi connectivity index (χ1) is 37.2. The molecule has 0 aliphatic carbocycles. The molecule has 0 aliphatic heterocycles. The lowest BCUT2D eigenvalue weighted by Gasteiger charge is -2.19. The lowest BCUT2D eigenvalue weighted by atomic mass is 10.1. The number of esters is 1. The van der Waals surface area contributed by atoms with Gasteiger partial charge in [0.05, 0.1) is 62.1 Å². The summed E-state index contributed by atoms with van der Waals surface area (Å²) in [6.45, 7) is 14.7. The molecule has 5 aromatic heterocycles. The predicted molar refractivity (Wildman–Crippen MR) is 280 cm³/mol. The number of nitrogens with two attached hydrogens (primary N) is 2. The van der Waals surface area contributed by atoms with Crippen molar-refractivity contribution >= 4 is 75.7 Å². The van der Waals surface area contributed by atoms with Crippen molar-refractivity contribution in [2.24, 2.45) is 11.5 Å². The summed E-state index contributed by atoms with van der Waals surface area (Å²) in [7, 11) is 0. The molecule has 5 heterocycles. The second kappa shape index (κ2) is 26.9. The molecule has 418 valence electrons. The number of alkyl carbamates (subject to hydrolysis) is 1. The van der Waals surface area contributed by atoms with Gasteiger partial charge in [0, 0.05) is 58.1 Å². The minimum absolute atomic E-state index is 0.0142. The maximum atomic E-state index is 13.8. The van der Waals surface area contributed by atoms with Crippen molar-refractivity contribution < 1.29 is 66.1 Å². The van der Waals surface area contributed by atoms with Crippen LogP contribution in [0.25, 0.3) is 22.2 Å². The van der Waals surface area contributed by atoms with E-state index < -0.39 is 53.2 Å². The van der Waals surface area contributed by atoms with Gasteiger partial charge in [0.15, 0.2) is 17.4 Å². The van der Waals surface area contributed by atoms with Crippen LogP contribution in [0.5, 0.6) is 5.75 Å². The van der Waals surface area contributed by atoms with Gasteiger partial charge in [-0.05, 0) is 58.7 Å². The summed E-state index contributed by atoms with van der Waals surface area (Å²) < 4.78 is 42.1. The molecule has 1 atom stereocenters. The number of fused-ring (bicyclic) bond motifs is 2. The number of amides is 6. The van der Waals surface area contributed by atoms with E-state index >= 15 is 0 Å². The van der Waals surface area contributed by atoms with E-state index in [-0.39, 0.29) is 129 Å². The normalized spacial score (nSPS) is 11.9. The molecule has 78 heavy (non-hydrogen) atoms. The molecule has 6 rings (SSSR count). The number of imidazole rings is 2. The summed E-state index contributed by atoms with van der Waals surface area (Å²) in [6, 6.07) is 3.36. The van der Waals surface area contributed by atoms with E-state index in [1.807, 2.05) is 13.8 Å². The Labute approximate surface area is 447 Å². The number of ether oxygens (including phenoxy) is 5. The quantitative estimate of drug-likeness (QED) is 0.0227. The largest absolute Gasteiger partial charge is 0.491 e. The number of hydrogen-bond acceptors (Lipinski definition) is 19. The van der Waals surface area contributed by atoms with Crippen molar-refractivity contribution in [2.75, 3.05) is 56.8 Å². The molecule has 0 aliphatic rings. The molecule has 6 amide bonds. The molecule has 0 saturated heterocycles. The lowest BCUT2D eigenvalue weighted by Crippen LogP contribution is -2.40. The van der Waals surface area contributed by atoms with Crippen molar-refractivity contribution in [3.63, 3.8) is 0 Å². The number of aryl methyl sites for hydroxylation is 4. The first kappa shape index (κ1) is 58.5. The third-order valence-corrected chi connectivity index (χ3v) is 11.1. The number of rotatable bonds is 28. The van der Waals surface area contributed by atoms with E-state index in [0.717, 1.165) is 0 Å². The van der Waals surface area contributed by atoms with Gasteiger partial charge in [-0.1, -0.05) is 26.0 Å². The van der Waals surface area contributed by atoms with Crippen LogP contribution in [0.3, 0.4) is 0 Å². The maximum Gasteiger partial charge on any atom is 0.407 e. The van der Waals surface area contributed by atoms with Crippen LogP contribution in [0.1, 0.15) is 119 Å². The molecule has 0 bridgehead atoms. The monoisotopic (exact) mass is 1080 g/mol.